The number of carbonyl (C=O) groups is 2. The van der Waals surface area contributed by atoms with E-state index in [4.69, 9.17) is 5.73 Å². The Morgan fingerprint density at radius 1 is 1.04 bits per heavy atom. The molecular formula is C19H19F3N2O4. The molecule has 0 aromatic heterocycles. The van der Waals surface area contributed by atoms with Gasteiger partial charge in [0.2, 0.25) is 0 Å². The number of rotatable bonds is 7. The van der Waals surface area contributed by atoms with Crippen molar-refractivity contribution in [3.63, 3.8) is 0 Å². The summed E-state index contributed by atoms with van der Waals surface area (Å²) in [6, 6.07) is 9.64. The summed E-state index contributed by atoms with van der Waals surface area (Å²) in [6.45, 7) is 0. The normalized spacial score (nSPS) is 14.8. The molecular weight excluding hydrogens is 377 g/mol. The van der Waals surface area contributed by atoms with E-state index in [9.17, 15) is 33.0 Å². The number of amides is 1. The van der Waals surface area contributed by atoms with E-state index in [1.54, 1.807) is 30.3 Å². The standard InChI is InChI=1S/C19H19F3N2O4/c20-19(21,22)13-9-5-4-8-12(13)15(18(27)28)24-17(26)16(25)14(23)10-11-6-2-1-3-7-11/h1-9,14-16,25H,10,23H2,(H,24,26)(H,27,28)/t14-,15?,16+/m1/s1. The van der Waals surface area contributed by atoms with Crippen LogP contribution in [0.25, 0.3) is 0 Å². The number of aliphatic hydroxyl groups is 1. The molecule has 0 aliphatic carbocycles. The number of carboxylic acids is 1. The van der Waals surface area contributed by atoms with Crippen molar-refractivity contribution in [1.82, 2.24) is 5.32 Å². The van der Waals surface area contributed by atoms with Crippen molar-refractivity contribution in [2.45, 2.75) is 30.8 Å². The molecule has 2 aromatic rings. The van der Waals surface area contributed by atoms with Gasteiger partial charge >= 0.3 is 12.1 Å². The summed E-state index contributed by atoms with van der Waals surface area (Å²) in [5.74, 6) is -2.87. The van der Waals surface area contributed by atoms with Gasteiger partial charge in [-0.2, -0.15) is 13.2 Å². The van der Waals surface area contributed by atoms with E-state index >= 15 is 0 Å². The number of nitrogens with one attached hydrogen (secondary N) is 1. The van der Waals surface area contributed by atoms with Crippen molar-refractivity contribution in [1.29, 1.82) is 0 Å². The Morgan fingerprint density at radius 3 is 2.18 bits per heavy atom. The smallest absolute Gasteiger partial charge is 0.416 e. The monoisotopic (exact) mass is 396 g/mol. The van der Waals surface area contributed by atoms with Gasteiger partial charge in [0.1, 0.15) is 6.10 Å². The van der Waals surface area contributed by atoms with Gasteiger partial charge in [-0.25, -0.2) is 4.79 Å². The van der Waals surface area contributed by atoms with Gasteiger partial charge in [0, 0.05) is 6.04 Å². The number of aliphatic hydroxyl groups excluding tert-OH is 1. The maximum Gasteiger partial charge on any atom is 0.416 e. The van der Waals surface area contributed by atoms with Gasteiger partial charge < -0.3 is 21.3 Å². The Kier molecular flexibility index (Phi) is 6.76. The summed E-state index contributed by atoms with van der Waals surface area (Å²) in [7, 11) is 0. The minimum Gasteiger partial charge on any atom is -0.479 e. The molecule has 0 bridgehead atoms. The summed E-state index contributed by atoms with van der Waals surface area (Å²) < 4.78 is 39.5. The van der Waals surface area contributed by atoms with E-state index in [0.29, 0.717) is 0 Å². The number of hydrogen-bond acceptors (Lipinski definition) is 4. The fourth-order valence-corrected chi connectivity index (χ4v) is 2.70. The topological polar surface area (TPSA) is 113 Å². The van der Waals surface area contributed by atoms with Gasteiger partial charge in [0.25, 0.3) is 5.91 Å². The van der Waals surface area contributed by atoms with Crippen LogP contribution in [0.2, 0.25) is 0 Å². The third-order valence-corrected chi connectivity index (χ3v) is 4.10. The number of carbonyl (C=O) groups excluding carboxylic acids is 1. The van der Waals surface area contributed by atoms with Gasteiger partial charge in [-0.1, -0.05) is 48.5 Å². The van der Waals surface area contributed by atoms with Crippen molar-refractivity contribution < 1.29 is 33.0 Å². The first kappa shape index (κ1) is 21.4. The van der Waals surface area contributed by atoms with E-state index < -0.39 is 47.4 Å². The lowest BCUT2D eigenvalue weighted by Crippen LogP contribution is -2.49. The maximum absolute atomic E-state index is 13.2. The van der Waals surface area contributed by atoms with Crippen molar-refractivity contribution in [2.75, 3.05) is 0 Å². The SMILES string of the molecule is N[C@H](Cc1ccccc1)[C@H](O)C(=O)NC(C(=O)O)c1ccccc1C(F)(F)F. The summed E-state index contributed by atoms with van der Waals surface area (Å²) in [6.07, 6.45) is -6.50. The Hall–Kier alpha value is -2.91. The molecule has 0 saturated heterocycles. The van der Waals surface area contributed by atoms with Gasteiger partial charge in [0.05, 0.1) is 5.56 Å². The van der Waals surface area contributed by atoms with Crippen LogP contribution in [0.5, 0.6) is 0 Å². The van der Waals surface area contributed by atoms with E-state index in [2.05, 4.69) is 0 Å². The molecule has 3 atom stereocenters. The molecule has 0 spiro atoms. The Balaban J connectivity index is 2.18. The third-order valence-electron chi connectivity index (χ3n) is 4.10. The first-order chi connectivity index (χ1) is 13.1. The highest BCUT2D eigenvalue weighted by molar-refractivity contribution is 5.87. The molecule has 28 heavy (non-hydrogen) atoms. The fourth-order valence-electron chi connectivity index (χ4n) is 2.70. The molecule has 5 N–H and O–H groups in total. The Bertz CT molecular complexity index is 827. The lowest BCUT2D eigenvalue weighted by atomic mass is 9.98. The van der Waals surface area contributed by atoms with Crippen LogP contribution in [0.1, 0.15) is 22.7 Å². The Morgan fingerprint density at radius 2 is 1.61 bits per heavy atom. The van der Waals surface area contributed by atoms with Gasteiger partial charge in [0.15, 0.2) is 6.04 Å². The van der Waals surface area contributed by atoms with Crippen LogP contribution in [-0.4, -0.2) is 34.2 Å². The van der Waals surface area contributed by atoms with E-state index in [1.807, 2.05) is 5.32 Å². The molecule has 0 saturated carbocycles. The first-order valence-electron chi connectivity index (χ1n) is 8.28. The number of nitrogens with two attached hydrogens (primary N) is 1. The average Bonchev–Trinajstić information content (AvgIpc) is 2.65. The highest BCUT2D eigenvalue weighted by Crippen LogP contribution is 2.34. The van der Waals surface area contributed by atoms with Crippen LogP contribution >= 0.6 is 0 Å². The van der Waals surface area contributed by atoms with Gasteiger partial charge in [-0.15, -0.1) is 0 Å². The number of benzene rings is 2. The predicted molar refractivity (Wildman–Crippen MR) is 94.1 cm³/mol. The fraction of sp³-hybridized carbons (Fsp3) is 0.263. The molecule has 1 amide bonds. The van der Waals surface area contributed by atoms with Crippen molar-refractivity contribution in [3.8, 4) is 0 Å². The number of alkyl halides is 3. The number of aliphatic carboxylic acids is 1. The molecule has 0 heterocycles. The molecule has 2 aromatic carbocycles. The second kappa shape index (κ2) is 8.85. The molecule has 0 radical (unpaired) electrons. The molecule has 150 valence electrons. The molecule has 2 rings (SSSR count). The summed E-state index contributed by atoms with van der Waals surface area (Å²) >= 11 is 0. The zero-order chi connectivity index (χ0) is 20.9. The van der Waals surface area contributed by atoms with Gasteiger partial charge in [-0.05, 0) is 23.6 Å². The number of carboxylic acid groups (broad SMARTS) is 1. The summed E-state index contributed by atoms with van der Waals surface area (Å²) in [5.41, 5.74) is 4.71. The van der Waals surface area contributed by atoms with Crippen LogP contribution < -0.4 is 11.1 Å². The van der Waals surface area contributed by atoms with Crippen molar-refractivity contribution in [3.05, 3.63) is 71.3 Å². The maximum atomic E-state index is 13.2. The van der Waals surface area contributed by atoms with Crippen LogP contribution in [0, 0.1) is 0 Å². The zero-order valence-electron chi connectivity index (χ0n) is 14.6. The predicted octanol–water partition coefficient (Wildman–Crippen LogP) is 1.88. The van der Waals surface area contributed by atoms with Crippen LogP contribution in [0.4, 0.5) is 13.2 Å². The number of hydrogen-bond donors (Lipinski definition) is 4. The van der Waals surface area contributed by atoms with Crippen LogP contribution in [0.15, 0.2) is 54.6 Å². The third kappa shape index (κ3) is 5.30. The minimum atomic E-state index is -4.81. The second-order valence-electron chi connectivity index (χ2n) is 6.16. The van der Waals surface area contributed by atoms with Crippen LogP contribution in [0.3, 0.4) is 0 Å². The van der Waals surface area contributed by atoms with E-state index in [1.165, 1.54) is 6.07 Å². The molecule has 0 aliphatic heterocycles. The first-order valence-corrected chi connectivity index (χ1v) is 8.28. The van der Waals surface area contributed by atoms with Gasteiger partial charge in [-0.3, -0.25) is 4.79 Å². The average molecular weight is 396 g/mol. The van der Waals surface area contributed by atoms with Crippen LogP contribution in [-0.2, 0) is 22.2 Å². The Labute approximate surface area is 158 Å². The second-order valence-corrected chi connectivity index (χ2v) is 6.16. The lowest BCUT2D eigenvalue weighted by molar-refractivity contribution is -0.145. The van der Waals surface area contributed by atoms with Crippen molar-refractivity contribution >= 4 is 11.9 Å². The molecule has 1 unspecified atom stereocenters. The highest BCUT2D eigenvalue weighted by atomic mass is 19.4. The highest BCUT2D eigenvalue weighted by Gasteiger charge is 2.38. The molecule has 0 aliphatic rings. The summed E-state index contributed by atoms with van der Waals surface area (Å²) in [4.78, 5) is 23.7. The zero-order valence-corrected chi connectivity index (χ0v) is 14.6. The van der Waals surface area contributed by atoms with E-state index in [-0.39, 0.29) is 6.42 Å². The quantitative estimate of drug-likeness (QED) is 0.571. The molecule has 6 nitrogen and oxygen atoms in total. The molecule has 0 fully saturated rings. The van der Waals surface area contributed by atoms with E-state index in [0.717, 1.165) is 23.8 Å². The molecule has 9 heteroatoms. The summed E-state index contributed by atoms with van der Waals surface area (Å²) in [5, 5.41) is 21.4. The van der Waals surface area contributed by atoms with Crippen molar-refractivity contribution in [2.24, 2.45) is 5.73 Å². The largest absolute Gasteiger partial charge is 0.479 e. The lowest BCUT2D eigenvalue weighted by Gasteiger charge is -2.23. The number of halogens is 3. The minimum absolute atomic E-state index is 0.117.